The summed E-state index contributed by atoms with van der Waals surface area (Å²) in [4.78, 5) is 7.93. The summed E-state index contributed by atoms with van der Waals surface area (Å²) in [6.45, 7) is 12.2. The Bertz CT molecular complexity index is 588. The monoisotopic (exact) mass is 736 g/mol. The van der Waals surface area contributed by atoms with Gasteiger partial charge in [-0.25, -0.2) is 0 Å². The topological polar surface area (TPSA) is 21.8 Å². The molecule has 2 aliphatic rings. The van der Waals surface area contributed by atoms with E-state index in [0.717, 1.165) is 29.4 Å². The Hall–Kier alpha value is 1.77. The number of unbranched alkanes of at least 4 members (excludes halogenated alkanes) is 4. The summed E-state index contributed by atoms with van der Waals surface area (Å²) in [7, 11) is 9.30. The van der Waals surface area contributed by atoms with Crippen LogP contribution in [0.15, 0.2) is 0 Å². The molecule has 2 saturated heterocycles. The quantitative estimate of drug-likeness (QED) is 0.0796. The van der Waals surface area contributed by atoms with E-state index in [0.29, 0.717) is 0 Å². The van der Waals surface area contributed by atoms with Gasteiger partial charge in [-0.05, 0) is 71.1 Å². The second-order valence-electron chi connectivity index (χ2n) is 13.4. The summed E-state index contributed by atoms with van der Waals surface area (Å²) < 4.78 is 1.09. The number of hydrogen-bond acceptors (Lipinski definition) is 4. The third-order valence-electron chi connectivity index (χ3n) is 8.89. The van der Waals surface area contributed by atoms with Crippen LogP contribution in [-0.4, -0.2) is 124 Å². The van der Waals surface area contributed by atoms with Crippen molar-refractivity contribution in [2.24, 2.45) is 5.92 Å². The normalized spacial score (nSPS) is 23.1. The van der Waals surface area contributed by atoms with Gasteiger partial charge < -0.3 is 56.8 Å². The molecule has 1 radical (unpaired) electrons. The molecule has 0 aromatic heterocycles. The molecule has 0 aliphatic carbocycles. The Morgan fingerprint density at radius 3 is 2.00 bits per heavy atom. The zero-order valence-corrected chi connectivity index (χ0v) is 32.2. The van der Waals surface area contributed by atoms with Gasteiger partial charge in [0.25, 0.3) is 0 Å². The van der Waals surface area contributed by atoms with Crippen LogP contribution in [-0.2, 0) is 17.1 Å². The Morgan fingerprint density at radius 1 is 0.714 bits per heavy atom. The summed E-state index contributed by atoms with van der Waals surface area (Å²) in [6, 6.07) is 0.736. The second-order valence-corrected chi connectivity index (χ2v) is 14.7. The molecule has 42 heavy (non-hydrogen) atoms. The van der Waals surface area contributed by atoms with E-state index >= 15 is 0 Å². The summed E-state index contributed by atoms with van der Waals surface area (Å²) in [5.41, 5.74) is 0. The maximum Gasteiger partial charge on any atom is 2.00 e. The van der Waals surface area contributed by atoms with E-state index in [1.54, 1.807) is 0 Å². The van der Waals surface area contributed by atoms with Crippen LogP contribution in [0.4, 0.5) is 0 Å². The number of fused-ring (bicyclic) bond motifs is 3. The molecule has 0 aromatic carbocycles. The van der Waals surface area contributed by atoms with Crippen molar-refractivity contribution in [1.29, 1.82) is 0 Å². The van der Waals surface area contributed by atoms with Crippen LogP contribution in [0.25, 0.3) is 0 Å². The van der Waals surface area contributed by atoms with Crippen molar-refractivity contribution in [2.45, 2.75) is 101 Å². The molecule has 4 atom stereocenters. The third-order valence-corrected chi connectivity index (χ3v) is 9.32. The molecule has 1 N–H and O–H groups in total. The minimum Gasteiger partial charge on any atom is -1.00 e. The second kappa shape index (κ2) is 28.9. The standard InChI is InChI=1S/C31H64Cl2N5.3ClH.Mn/c1-35-21-12-22-36-23-20-34-19-18-30(37(26-24-35)27-25-36)16-10-9-14-29(15-11-28-38(2,3)4)13-7-5-6-8-17-31(32)33;;;;/h29-31,34H,5-28H2,1-4H3;3*1H;/q+1;;;;+2/p-3. The summed E-state index contributed by atoms with van der Waals surface area (Å²) in [5, 5.41) is 3.76. The van der Waals surface area contributed by atoms with E-state index in [2.05, 4.69) is 48.2 Å². The first-order chi connectivity index (χ1) is 18.2. The van der Waals surface area contributed by atoms with Gasteiger partial charge in [-0.15, -0.1) is 23.2 Å². The fourth-order valence-electron chi connectivity index (χ4n) is 6.38. The van der Waals surface area contributed by atoms with Crippen molar-refractivity contribution in [3.8, 4) is 0 Å². The fourth-order valence-corrected chi connectivity index (χ4v) is 6.69. The molecule has 2 rings (SSSR count). The molecular weight excluding hydrogens is 675 g/mol. The Balaban J connectivity index is -0.00000380. The van der Waals surface area contributed by atoms with Gasteiger partial charge in [0, 0.05) is 45.3 Å². The largest absolute Gasteiger partial charge is 2.00 e. The molecule has 2 heterocycles. The SMILES string of the molecule is CN1CCCN2CCNCCC(CCCCC(CCCCCCC(Cl)Cl)CCC[N+](C)(C)C)N(CC1)CC2.[Cl-].[Cl-].[Cl-].[Mn+2]. The van der Waals surface area contributed by atoms with Crippen LogP contribution in [0.1, 0.15) is 89.9 Å². The van der Waals surface area contributed by atoms with Gasteiger partial charge in [-0.2, -0.15) is 0 Å². The molecule has 11 heteroatoms. The number of likely N-dealkylation sites (N-methyl/N-ethyl adjacent to an activating group) is 1. The zero-order valence-electron chi connectivity index (χ0n) is 27.3. The average molecular weight is 739 g/mol. The maximum atomic E-state index is 5.90. The smallest absolute Gasteiger partial charge is 1.00 e. The van der Waals surface area contributed by atoms with Crippen LogP contribution < -0.4 is 42.5 Å². The summed E-state index contributed by atoms with van der Waals surface area (Å²) in [6.07, 6.45) is 18.5. The van der Waals surface area contributed by atoms with Gasteiger partial charge in [0.2, 0.25) is 0 Å². The van der Waals surface area contributed by atoms with Gasteiger partial charge in [-0.1, -0.05) is 51.4 Å². The molecule has 2 aliphatic heterocycles. The van der Waals surface area contributed by atoms with Crippen molar-refractivity contribution in [3.05, 3.63) is 0 Å². The maximum absolute atomic E-state index is 5.90. The van der Waals surface area contributed by atoms with Crippen LogP contribution in [0.2, 0.25) is 0 Å². The van der Waals surface area contributed by atoms with Crippen molar-refractivity contribution < 1.29 is 58.8 Å². The minimum atomic E-state index is -0.187. The molecule has 5 nitrogen and oxygen atoms in total. The Kier molecular flexibility index (Phi) is 33.2. The zero-order chi connectivity index (χ0) is 27.6. The van der Waals surface area contributed by atoms with Crippen molar-refractivity contribution in [1.82, 2.24) is 20.0 Å². The van der Waals surface area contributed by atoms with Crippen molar-refractivity contribution in [2.75, 3.05) is 93.6 Å². The van der Waals surface area contributed by atoms with E-state index in [9.17, 15) is 0 Å². The summed E-state index contributed by atoms with van der Waals surface area (Å²) in [5.74, 6) is 0.900. The van der Waals surface area contributed by atoms with Crippen molar-refractivity contribution >= 4 is 23.2 Å². The number of alkyl halides is 2. The number of nitrogens with one attached hydrogen (secondary N) is 1. The predicted octanol–water partition coefficient (Wildman–Crippen LogP) is -2.90. The fraction of sp³-hybridized carbons (Fsp3) is 1.00. The van der Waals surface area contributed by atoms with Crippen LogP contribution in [0, 0.1) is 5.92 Å². The van der Waals surface area contributed by atoms with Gasteiger partial charge in [0.05, 0.1) is 27.7 Å². The van der Waals surface area contributed by atoms with Gasteiger partial charge >= 0.3 is 17.1 Å². The summed E-state index contributed by atoms with van der Waals surface area (Å²) >= 11 is 11.8. The number of nitrogens with zero attached hydrogens (tertiary/aromatic N) is 4. The van der Waals surface area contributed by atoms with Crippen LogP contribution >= 0.6 is 23.2 Å². The Morgan fingerprint density at radius 2 is 1.33 bits per heavy atom. The molecule has 0 saturated carbocycles. The van der Waals surface area contributed by atoms with Crippen LogP contribution in [0.5, 0.6) is 0 Å². The van der Waals surface area contributed by atoms with Gasteiger partial charge in [-0.3, -0.25) is 4.90 Å². The first kappa shape index (κ1) is 48.2. The first-order valence-electron chi connectivity index (χ1n) is 16.2. The molecule has 2 bridgehead atoms. The number of hydrogen-bond donors (Lipinski definition) is 1. The number of halogens is 5. The molecule has 0 spiro atoms. The Labute approximate surface area is 300 Å². The van der Waals surface area contributed by atoms with Gasteiger partial charge in [0.15, 0.2) is 0 Å². The first-order valence-corrected chi connectivity index (χ1v) is 17.0. The molecule has 0 aromatic rings. The van der Waals surface area contributed by atoms with E-state index in [-0.39, 0.29) is 59.1 Å². The van der Waals surface area contributed by atoms with Crippen molar-refractivity contribution in [3.63, 3.8) is 0 Å². The number of rotatable bonds is 16. The van der Waals surface area contributed by atoms with E-state index in [1.165, 1.54) is 142 Å². The van der Waals surface area contributed by atoms with Crippen LogP contribution in [0.3, 0.4) is 0 Å². The van der Waals surface area contributed by atoms with E-state index < -0.39 is 0 Å². The molecule has 255 valence electrons. The number of quaternary nitrogens is 1. The average Bonchev–Trinajstić information content (AvgIpc) is 2.85. The van der Waals surface area contributed by atoms with E-state index in [1.807, 2.05) is 0 Å². The molecule has 4 unspecified atom stereocenters. The minimum absolute atomic E-state index is 0. The third kappa shape index (κ3) is 24.9. The predicted molar refractivity (Wildman–Crippen MR) is 169 cm³/mol. The molecule has 2 fully saturated rings. The van der Waals surface area contributed by atoms with E-state index in [4.69, 9.17) is 23.2 Å². The van der Waals surface area contributed by atoms with Gasteiger partial charge in [0.1, 0.15) is 4.84 Å². The molecule has 0 amide bonds. The molecular formula is C31H64Cl5MnN5.